The molecule has 3 rings (SSSR count). The van der Waals surface area contributed by atoms with Crippen molar-refractivity contribution in [1.29, 1.82) is 0 Å². The second kappa shape index (κ2) is 10.0. The Morgan fingerprint density at radius 3 is 2.57 bits per heavy atom. The van der Waals surface area contributed by atoms with Crippen molar-refractivity contribution in [2.75, 3.05) is 24.4 Å². The molecule has 2 aromatic carbocycles. The Morgan fingerprint density at radius 2 is 1.91 bits per heavy atom. The van der Waals surface area contributed by atoms with Crippen LogP contribution < -0.4 is 15.4 Å². The number of aromatic nitrogens is 2. The number of nitrogens with one attached hydrogen (secondary N) is 2. The van der Waals surface area contributed by atoms with Crippen LogP contribution in [0.1, 0.15) is 12.5 Å². The molecule has 0 spiro atoms. The van der Waals surface area contributed by atoms with Crippen LogP contribution in [0.4, 0.5) is 34.8 Å². The highest BCUT2D eigenvalue weighted by molar-refractivity contribution is 7.92. The van der Waals surface area contributed by atoms with Crippen LogP contribution >= 0.6 is 0 Å². The number of benzene rings is 2. The number of anilines is 2. The van der Waals surface area contributed by atoms with Crippen molar-refractivity contribution >= 4 is 43.7 Å². The fourth-order valence-electron chi connectivity index (χ4n) is 3.19. The maximum absolute atomic E-state index is 13.9. The highest BCUT2D eigenvalue weighted by Gasteiger charge is 2.38. The molecule has 0 radical (unpaired) electrons. The average molecular weight is 514 g/mol. The molecule has 1 heterocycles. The minimum atomic E-state index is -5.02. The third kappa shape index (κ3) is 7.01. The fraction of sp³-hybridized carbons (Fsp3) is 0.318. The van der Waals surface area contributed by atoms with E-state index >= 15 is 0 Å². The Hall–Kier alpha value is -3.48. The van der Waals surface area contributed by atoms with Crippen LogP contribution in [0.5, 0.6) is 5.75 Å². The summed E-state index contributed by atoms with van der Waals surface area (Å²) in [5.74, 6) is -2.36. The number of hydrogen-bond acceptors (Lipinski definition) is 7. The SMILES string of the molecule is Cc1cc(N=S(C)(C)=O)cc2ncnc(Nc3ccc(F)cc3O[C@H](C)CNC(=O)C(F)(F)F)c12. The molecule has 0 saturated heterocycles. The number of hydrogen-bond donors (Lipinski definition) is 2. The van der Waals surface area contributed by atoms with Gasteiger partial charge >= 0.3 is 12.1 Å². The lowest BCUT2D eigenvalue weighted by molar-refractivity contribution is -0.173. The van der Waals surface area contributed by atoms with Crippen molar-refractivity contribution in [2.45, 2.75) is 26.1 Å². The standard InChI is InChI=1S/C22H23F4N5O3S/c1-12-7-15(31-35(3,4)33)9-17-19(12)20(29-11-28-17)30-16-6-5-14(23)8-18(16)34-13(2)10-27-21(32)22(24,25)26/h5-9,11,13H,10H2,1-4H3,(H,27,32)(H,28,29,30)/t13-/m1/s1. The highest BCUT2D eigenvalue weighted by Crippen LogP contribution is 2.34. The second-order valence-electron chi connectivity index (χ2n) is 8.05. The van der Waals surface area contributed by atoms with Gasteiger partial charge in [-0.1, -0.05) is 0 Å². The first kappa shape index (κ1) is 26.1. The molecule has 0 fully saturated rings. The quantitative estimate of drug-likeness (QED) is 0.447. The number of fused-ring (bicyclic) bond motifs is 1. The molecule has 1 amide bonds. The molecule has 0 aliphatic carbocycles. The van der Waals surface area contributed by atoms with Gasteiger partial charge in [0.15, 0.2) is 0 Å². The molecule has 188 valence electrons. The monoisotopic (exact) mass is 513 g/mol. The van der Waals surface area contributed by atoms with Gasteiger partial charge in [-0.15, -0.1) is 0 Å². The van der Waals surface area contributed by atoms with E-state index in [1.165, 1.54) is 37.9 Å². The van der Waals surface area contributed by atoms with E-state index in [9.17, 15) is 26.6 Å². The molecule has 8 nitrogen and oxygen atoms in total. The van der Waals surface area contributed by atoms with Crippen molar-refractivity contribution in [3.8, 4) is 5.75 Å². The predicted octanol–water partition coefficient (Wildman–Crippen LogP) is 4.63. The molecule has 0 aliphatic rings. The van der Waals surface area contributed by atoms with E-state index in [1.807, 2.05) is 0 Å². The first-order chi connectivity index (χ1) is 16.2. The summed E-state index contributed by atoms with van der Waals surface area (Å²) in [4.78, 5) is 19.5. The number of carbonyl (C=O) groups excluding carboxylic acids is 1. The Kier molecular flexibility index (Phi) is 7.48. The smallest absolute Gasteiger partial charge is 0.471 e. The molecular weight excluding hydrogens is 490 g/mol. The lowest BCUT2D eigenvalue weighted by atomic mass is 10.1. The molecule has 0 aliphatic heterocycles. The van der Waals surface area contributed by atoms with E-state index in [0.717, 1.165) is 11.6 Å². The van der Waals surface area contributed by atoms with Crippen LogP contribution in [0, 0.1) is 12.7 Å². The number of carbonyl (C=O) groups is 1. The molecule has 13 heteroatoms. The van der Waals surface area contributed by atoms with Gasteiger partial charge in [-0.3, -0.25) is 4.79 Å². The minimum absolute atomic E-state index is 0.00602. The lowest BCUT2D eigenvalue weighted by Gasteiger charge is -2.19. The van der Waals surface area contributed by atoms with Crippen LogP contribution in [0.25, 0.3) is 10.9 Å². The van der Waals surface area contributed by atoms with Crippen molar-refractivity contribution in [2.24, 2.45) is 4.36 Å². The van der Waals surface area contributed by atoms with Crippen LogP contribution in [0.15, 0.2) is 41.0 Å². The number of rotatable bonds is 7. The fourth-order valence-corrected chi connectivity index (χ4v) is 3.81. The van der Waals surface area contributed by atoms with Gasteiger partial charge < -0.3 is 15.4 Å². The summed E-state index contributed by atoms with van der Waals surface area (Å²) >= 11 is 0. The molecule has 1 atom stereocenters. The first-order valence-corrected chi connectivity index (χ1v) is 12.6. The van der Waals surface area contributed by atoms with Gasteiger partial charge in [0, 0.05) is 33.7 Å². The van der Waals surface area contributed by atoms with E-state index < -0.39 is 40.3 Å². The molecule has 35 heavy (non-hydrogen) atoms. The Labute approximate surface area is 199 Å². The summed E-state index contributed by atoms with van der Waals surface area (Å²) in [6.45, 7) is 2.78. The molecule has 0 unspecified atom stereocenters. The van der Waals surface area contributed by atoms with Crippen molar-refractivity contribution < 1.29 is 31.3 Å². The Morgan fingerprint density at radius 1 is 1.20 bits per heavy atom. The van der Waals surface area contributed by atoms with Gasteiger partial charge in [-0.05, 0) is 43.7 Å². The van der Waals surface area contributed by atoms with Gasteiger partial charge in [0.2, 0.25) is 0 Å². The van der Waals surface area contributed by atoms with Gasteiger partial charge in [0.25, 0.3) is 0 Å². The topological polar surface area (TPSA) is 106 Å². The summed E-state index contributed by atoms with van der Waals surface area (Å²) in [7, 11) is -2.39. The molecule has 3 aromatic rings. The summed E-state index contributed by atoms with van der Waals surface area (Å²) in [6.07, 6.45) is -1.58. The van der Waals surface area contributed by atoms with E-state index in [4.69, 9.17) is 4.74 Å². The maximum atomic E-state index is 13.9. The van der Waals surface area contributed by atoms with Crippen molar-refractivity contribution in [3.05, 3.63) is 48.0 Å². The third-order valence-corrected chi connectivity index (χ3v) is 5.23. The summed E-state index contributed by atoms with van der Waals surface area (Å²) in [5.41, 5.74) is 2.05. The molecule has 0 saturated carbocycles. The molecule has 0 bridgehead atoms. The highest BCUT2D eigenvalue weighted by atomic mass is 32.2. The number of nitrogens with zero attached hydrogens (tertiary/aromatic N) is 3. The van der Waals surface area contributed by atoms with Crippen molar-refractivity contribution in [3.63, 3.8) is 0 Å². The van der Waals surface area contributed by atoms with Crippen LogP contribution in [-0.2, 0) is 14.5 Å². The number of alkyl halides is 3. The normalized spacial score (nSPS) is 12.8. The number of halogens is 4. The zero-order valence-corrected chi connectivity index (χ0v) is 20.1. The van der Waals surface area contributed by atoms with Gasteiger partial charge in [-0.25, -0.2) is 18.6 Å². The summed E-state index contributed by atoms with van der Waals surface area (Å²) in [5, 5.41) is 5.41. The lowest BCUT2D eigenvalue weighted by Crippen LogP contribution is -2.41. The Bertz CT molecular complexity index is 1380. The zero-order valence-electron chi connectivity index (χ0n) is 19.2. The third-order valence-electron chi connectivity index (χ3n) is 4.58. The minimum Gasteiger partial charge on any atom is -0.487 e. The molecular formula is C22H23F4N5O3S. The summed E-state index contributed by atoms with van der Waals surface area (Å²) < 4.78 is 73.0. The van der Waals surface area contributed by atoms with Crippen molar-refractivity contribution in [1.82, 2.24) is 15.3 Å². The number of amides is 1. The van der Waals surface area contributed by atoms with Gasteiger partial charge in [0.1, 0.15) is 29.8 Å². The number of aryl methyl sites for hydroxylation is 1. The Balaban J connectivity index is 1.90. The zero-order chi connectivity index (χ0) is 26.0. The first-order valence-electron chi connectivity index (χ1n) is 10.2. The largest absolute Gasteiger partial charge is 0.487 e. The van der Waals surface area contributed by atoms with Crippen LogP contribution in [0.2, 0.25) is 0 Å². The van der Waals surface area contributed by atoms with Gasteiger partial charge in [-0.2, -0.15) is 17.5 Å². The number of ether oxygens (including phenoxy) is 1. The summed E-state index contributed by atoms with van der Waals surface area (Å²) in [6, 6.07) is 7.03. The van der Waals surface area contributed by atoms with E-state index in [0.29, 0.717) is 28.1 Å². The van der Waals surface area contributed by atoms with E-state index in [2.05, 4.69) is 19.6 Å². The van der Waals surface area contributed by atoms with Crippen LogP contribution in [-0.4, -0.2) is 51.4 Å². The average Bonchev–Trinajstić information content (AvgIpc) is 2.71. The van der Waals surface area contributed by atoms with E-state index in [-0.39, 0.29) is 5.75 Å². The molecule has 2 N–H and O–H groups in total. The molecule has 1 aromatic heterocycles. The van der Waals surface area contributed by atoms with E-state index in [1.54, 1.807) is 24.4 Å². The predicted molar refractivity (Wildman–Crippen MR) is 125 cm³/mol. The van der Waals surface area contributed by atoms with Gasteiger partial charge in [0.05, 0.1) is 23.4 Å². The second-order valence-corrected chi connectivity index (χ2v) is 10.6. The van der Waals surface area contributed by atoms with Crippen LogP contribution in [0.3, 0.4) is 0 Å². The maximum Gasteiger partial charge on any atom is 0.471 e.